The van der Waals surface area contributed by atoms with Gasteiger partial charge < -0.3 is 9.47 Å². The number of esters is 1. The van der Waals surface area contributed by atoms with Crippen LogP contribution in [0.5, 0.6) is 0 Å². The number of benzene rings is 2. The lowest BCUT2D eigenvalue weighted by Gasteiger charge is -2.28. The maximum Gasteiger partial charge on any atom is 0.341 e. The molecule has 0 aromatic heterocycles. The third-order valence-electron chi connectivity index (χ3n) is 3.43. The van der Waals surface area contributed by atoms with Crippen molar-refractivity contribution in [1.29, 1.82) is 0 Å². The van der Waals surface area contributed by atoms with E-state index in [0.717, 1.165) is 11.1 Å². The van der Waals surface area contributed by atoms with Gasteiger partial charge in [-0.3, -0.25) is 0 Å². The first-order chi connectivity index (χ1) is 9.55. The first-order valence-electron chi connectivity index (χ1n) is 6.59. The van der Waals surface area contributed by atoms with Crippen molar-refractivity contribution in [2.75, 3.05) is 0 Å². The van der Waals surface area contributed by atoms with Gasteiger partial charge in [-0.25, -0.2) is 4.79 Å². The molecule has 0 aliphatic carbocycles. The summed E-state index contributed by atoms with van der Waals surface area (Å²) in [4.78, 5) is 12.1. The Balaban J connectivity index is 2.18. The van der Waals surface area contributed by atoms with E-state index in [2.05, 4.69) is 0 Å². The SMILES string of the molecule is CC1(C)OC(c2ccccc2)(c2ccccc2)OC1=O. The summed E-state index contributed by atoms with van der Waals surface area (Å²) in [5, 5.41) is 0. The Morgan fingerprint density at radius 1 is 0.800 bits per heavy atom. The summed E-state index contributed by atoms with van der Waals surface area (Å²) < 4.78 is 11.7. The van der Waals surface area contributed by atoms with Gasteiger partial charge in [0, 0.05) is 11.1 Å². The normalized spacial score (nSPS) is 19.6. The molecule has 20 heavy (non-hydrogen) atoms. The zero-order valence-electron chi connectivity index (χ0n) is 11.5. The molecule has 1 aliphatic heterocycles. The van der Waals surface area contributed by atoms with E-state index in [1.54, 1.807) is 13.8 Å². The molecule has 3 nitrogen and oxygen atoms in total. The fraction of sp³-hybridized carbons (Fsp3) is 0.235. The fourth-order valence-electron chi connectivity index (χ4n) is 2.39. The lowest BCUT2D eigenvalue weighted by Crippen LogP contribution is -2.32. The van der Waals surface area contributed by atoms with Gasteiger partial charge >= 0.3 is 5.97 Å². The molecule has 1 aliphatic rings. The zero-order valence-corrected chi connectivity index (χ0v) is 11.5. The molecule has 0 atom stereocenters. The van der Waals surface area contributed by atoms with Gasteiger partial charge in [0.05, 0.1) is 0 Å². The van der Waals surface area contributed by atoms with Crippen LogP contribution in [0.3, 0.4) is 0 Å². The van der Waals surface area contributed by atoms with Crippen molar-refractivity contribution in [3.8, 4) is 0 Å². The Hall–Kier alpha value is -2.13. The van der Waals surface area contributed by atoms with E-state index in [1.165, 1.54) is 0 Å². The van der Waals surface area contributed by atoms with Gasteiger partial charge in [-0.2, -0.15) is 0 Å². The minimum atomic E-state index is -1.16. The summed E-state index contributed by atoms with van der Waals surface area (Å²) >= 11 is 0. The average Bonchev–Trinajstić information content (AvgIpc) is 2.72. The number of rotatable bonds is 2. The Kier molecular flexibility index (Phi) is 2.87. The number of carbonyl (C=O) groups excluding carboxylic acids is 1. The molecule has 3 heteroatoms. The number of cyclic esters (lactones) is 1. The Bertz CT molecular complexity index is 578. The first kappa shape index (κ1) is 12.9. The van der Waals surface area contributed by atoms with E-state index in [-0.39, 0.29) is 5.97 Å². The molecule has 0 N–H and O–H groups in total. The minimum Gasteiger partial charge on any atom is -0.422 e. The van der Waals surface area contributed by atoms with E-state index in [4.69, 9.17) is 9.47 Å². The van der Waals surface area contributed by atoms with Crippen molar-refractivity contribution in [2.24, 2.45) is 0 Å². The van der Waals surface area contributed by atoms with E-state index in [1.807, 2.05) is 60.7 Å². The molecule has 2 aromatic carbocycles. The van der Waals surface area contributed by atoms with Gasteiger partial charge in [0.15, 0.2) is 5.60 Å². The van der Waals surface area contributed by atoms with Gasteiger partial charge in [0.25, 0.3) is 5.79 Å². The molecule has 1 heterocycles. The maximum atomic E-state index is 12.1. The zero-order chi connectivity index (χ0) is 14.2. The molecule has 1 fully saturated rings. The molecule has 0 unspecified atom stereocenters. The van der Waals surface area contributed by atoms with Crippen molar-refractivity contribution in [2.45, 2.75) is 25.2 Å². The summed E-state index contributed by atoms with van der Waals surface area (Å²) in [6, 6.07) is 19.1. The second-order valence-electron chi connectivity index (χ2n) is 5.35. The minimum absolute atomic E-state index is 0.356. The van der Waals surface area contributed by atoms with Crippen LogP contribution in [0.2, 0.25) is 0 Å². The first-order valence-corrected chi connectivity index (χ1v) is 6.59. The van der Waals surface area contributed by atoms with E-state index < -0.39 is 11.4 Å². The van der Waals surface area contributed by atoms with Gasteiger partial charge in [0.1, 0.15) is 0 Å². The van der Waals surface area contributed by atoms with Crippen LogP contribution in [0.15, 0.2) is 60.7 Å². The lowest BCUT2D eigenvalue weighted by atomic mass is 9.97. The lowest BCUT2D eigenvalue weighted by molar-refractivity contribution is -0.166. The van der Waals surface area contributed by atoms with Crippen LogP contribution in [0.4, 0.5) is 0 Å². The standard InChI is InChI=1S/C17H16O3/c1-16(2)15(18)19-17(20-16,13-9-5-3-6-10-13)14-11-7-4-8-12-14/h3-12H,1-2H3. The largest absolute Gasteiger partial charge is 0.422 e. The summed E-state index contributed by atoms with van der Waals surface area (Å²) in [5.41, 5.74) is 0.654. The number of carbonyl (C=O) groups is 1. The highest BCUT2D eigenvalue weighted by Crippen LogP contribution is 2.44. The molecule has 2 aromatic rings. The van der Waals surface area contributed by atoms with Gasteiger partial charge in [-0.1, -0.05) is 60.7 Å². The van der Waals surface area contributed by atoms with Crippen molar-refractivity contribution in [3.05, 3.63) is 71.8 Å². The monoisotopic (exact) mass is 268 g/mol. The smallest absolute Gasteiger partial charge is 0.341 e. The third kappa shape index (κ3) is 1.91. The highest BCUT2D eigenvalue weighted by Gasteiger charge is 2.55. The van der Waals surface area contributed by atoms with E-state index in [0.29, 0.717) is 0 Å². The predicted octanol–water partition coefficient (Wildman–Crippen LogP) is 3.24. The van der Waals surface area contributed by atoms with Crippen molar-refractivity contribution >= 4 is 5.97 Å². The molecule has 3 rings (SSSR count). The predicted molar refractivity (Wildman–Crippen MR) is 74.9 cm³/mol. The topological polar surface area (TPSA) is 35.5 Å². The quantitative estimate of drug-likeness (QED) is 0.784. The molecular formula is C17H16O3. The maximum absolute atomic E-state index is 12.1. The Morgan fingerprint density at radius 2 is 1.25 bits per heavy atom. The van der Waals surface area contributed by atoms with Crippen LogP contribution in [-0.2, 0) is 20.1 Å². The van der Waals surface area contributed by atoms with Crippen LogP contribution in [-0.4, -0.2) is 11.6 Å². The van der Waals surface area contributed by atoms with Crippen LogP contribution < -0.4 is 0 Å². The second kappa shape index (κ2) is 4.46. The van der Waals surface area contributed by atoms with Gasteiger partial charge in [-0.05, 0) is 13.8 Å². The Morgan fingerprint density at radius 3 is 1.60 bits per heavy atom. The fourth-order valence-corrected chi connectivity index (χ4v) is 2.39. The molecule has 1 saturated heterocycles. The number of hydrogen-bond donors (Lipinski definition) is 0. The second-order valence-corrected chi connectivity index (χ2v) is 5.35. The highest BCUT2D eigenvalue weighted by molar-refractivity contribution is 5.81. The van der Waals surface area contributed by atoms with Crippen LogP contribution in [0, 0.1) is 0 Å². The molecule has 0 spiro atoms. The molecule has 102 valence electrons. The van der Waals surface area contributed by atoms with E-state index in [9.17, 15) is 4.79 Å². The molecule has 0 bridgehead atoms. The molecule has 0 amide bonds. The average molecular weight is 268 g/mol. The summed E-state index contributed by atoms with van der Waals surface area (Å²) in [6.07, 6.45) is 0. The summed E-state index contributed by atoms with van der Waals surface area (Å²) in [5.74, 6) is -1.52. The summed E-state index contributed by atoms with van der Waals surface area (Å²) in [6.45, 7) is 3.45. The highest BCUT2D eigenvalue weighted by atomic mass is 16.8. The van der Waals surface area contributed by atoms with Crippen molar-refractivity contribution in [1.82, 2.24) is 0 Å². The third-order valence-corrected chi connectivity index (χ3v) is 3.43. The molecule has 0 radical (unpaired) electrons. The van der Waals surface area contributed by atoms with Gasteiger partial charge in [-0.15, -0.1) is 0 Å². The Labute approximate surface area is 118 Å². The van der Waals surface area contributed by atoms with Crippen LogP contribution in [0.1, 0.15) is 25.0 Å². The van der Waals surface area contributed by atoms with E-state index >= 15 is 0 Å². The molecular weight excluding hydrogens is 252 g/mol. The summed E-state index contributed by atoms with van der Waals surface area (Å²) in [7, 11) is 0. The molecule has 0 saturated carbocycles. The van der Waals surface area contributed by atoms with Crippen LogP contribution >= 0.6 is 0 Å². The number of ether oxygens (including phenoxy) is 2. The van der Waals surface area contributed by atoms with Crippen molar-refractivity contribution < 1.29 is 14.3 Å². The number of hydrogen-bond acceptors (Lipinski definition) is 3. The van der Waals surface area contributed by atoms with Gasteiger partial charge in [0.2, 0.25) is 0 Å². The van der Waals surface area contributed by atoms with Crippen LogP contribution in [0.25, 0.3) is 0 Å². The van der Waals surface area contributed by atoms with Crippen molar-refractivity contribution in [3.63, 3.8) is 0 Å².